The summed E-state index contributed by atoms with van der Waals surface area (Å²) in [5.41, 5.74) is 0.857. The number of nitro groups is 1. The fourth-order valence-corrected chi connectivity index (χ4v) is 2.91. The van der Waals surface area contributed by atoms with E-state index in [1.165, 1.54) is 18.8 Å². The second-order valence-corrected chi connectivity index (χ2v) is 5.99. The summed E-state index contributed by atoms with van der Waals surface area (Å²) in [6.45, 7) is 3.52. The number of rotatable bonds is 4. The number of nitrogens with zero attached hydrogens (tertiary/aromatic N) is 4. The molecule has 0 radical (unpaired) electrons. The van der Waals surface area contributed by atoms with Crippen molar-refractivity contribution in [1.82, 2.24) is 9.97 Å². The van der Waals surface area contributed by atoms with Gasteiger partial charge in [0.05, 0.1) is 4.92 Å². The molecule has 0 saturated carbocycles. The summed E-state index contributed by atoms with van der Waals surface area (Å²) >= 11 is 0. The number of para-hydroxylation sites is 1. The molecule has 8 heteroatoms. The van der Waals surface area contributed by atoms with Crippen molar-refractivity contribution in [3.8, 4) is 0 Å². The number of aromatic nitrogens is 2. The Morgan fingerprint density at radius 3 is 2.72 bits per heavy atom. The lowest BCUT2D eigenvalue weighted by Crippen LogP contribution is -2.30. The maximum atomic E-state index is 12.5. The highest BCUT2D eigenvalue weighted by atomic mass is 16.6. The van der Waals surface area contributed by atoms with Gasteiger partial charge in [0.15, 0.2) is 0 Å². The molecule has 1 aromatic carbocycles. The lowest BCUT2D eigenvalue weighted by atomic mass is 10.1. The van der Waals surface area contributed by atoms with Crippen molar-refractivity contribution in [3.63, 3.8) is 0 Å². The second-order valence-electron chi connectivity index (χ2n) is 5.99. The number of aryl methyl sites for hydroxylation is 1. The second kappa shape index (κ2) is 7.25. The van der Waals surface area contributed by atoms with Gasteiger partial charge in [-0.2, -0.15) is 0 Å². The number of hydrogen-bond acceptors (Lipinski definition) is 6. The average molecular weight is 341 g/mol. The molecule has 8 nitrogen and oxygen atoms in total. The van der Waals surface area contributed by atoms with Crippen LogP contribution in [-0.2, 0) is 0 Å². The average Bonchev–Trinajstić information content (AvgIpc) is 2.64. The Labute approximate surface area is 145 Å². The molecule has 0 bridgehead atoms. The number of benzene rings is 1. The molecule has 2 aromatic rings. The van der Waals surface area contributed by atoms with Gasteiger partial charge in [0.2, 0.25) is 0 Å². The highest BCUT2D eigenvalue weighted by Gasteiger charge is 2.20. The van der Waals surface area contributed by atoms with Crippen LogP contribution in [0.1, 0.15) is 35.3 Å². The third-order valence-electron chi connectivity index (χ3n) is 4.25. The smallest absolute Gasteiger partial charge is 0.293 e. The number of anilines is 2. The zero-order valence-corrected chi connectivity index (χ0v) is 13.9. The van der Waals surface area contributed by atoms with Crippen LogP contribution in [0.2, 0.25) is 0 Å². The first-order chi connectivity index (χ1) is 12.1. The number of hydrogen-bond donors (Lipinski definition) is 1. The zero-order valence-electron chi connectivity index (χ0n) is 13.9. The number of carbonyl (C=O) groups excluding carboxylic acids is 1. The number of carbonyl (C=O) groups is 1. The third-order valence-corrected chi connectivity index (χ3v) is 4.25. The predicted octanol–water partition coefficient (Wildman–Crippen LogP) is 2.94. The molecule has 1 aromatic heterocycles. The van der Waals surface area contributed by atoms with Crippen molar-refractivity contribution < 1.29 is 9.72 Å². The van der Waals surface area contributed by atoms with Crippen LogP contribution in [0, 0.1) is 17.0 Å². The summed E-state index contributed by atoms with van der Waals surface area (Å²) in [5.74, 6) is 0.220. The monoisotopic (exact) mass is 341 g/mol. The van der Waals surface area contributed by atoms with E-state index in [1.54, 1.807) is 25.1 Å². The van der Waals surface area contributed by atoms with Crippen LogP contribution in [0.5, 0.6) is 0 Å². The summed E-state index contributed by atoms with van der Waals surface area (Å²) in [5, 5.41) is 13.8. The van der Waals surface area contributed by atoms with E-state index in [4.69, 9.17) is 0 Å². The Morgan fingerprint density at radius 1 is 1.24 bits per heavy atom. The fraction of sp³-hybridized carbons (Fsp3) is 0.353. The molecule has 0 spiro atoms. The van der Waals surface area contributed by atoms with E-state index in [1.807, 2.05) is 0 Å². The van der Waals surface area contributed by atoms with Crippen molar-refractivity contribution in [2.45, 2.75) is 26.2 Å². The van der Waals surface area contributed by atoms with E-state index in [-0.39, 0.29) is 17.1 Å². The van der Waals surface area contributed by atoms with Gasteiger partial charge in [0.25, 0.3) is 11.6 Å². The fourth-order valence-electron chi connectivity index (χ4n) is 2.91. The summed E-state index contributed by atoms with van der Waals surface area (Å²) in [6.07, 6.45) is 4.75. The van der Waals surface area contributed by atoms with Crippen molar-refractivity contribution in [1.29, 1.82) is 0 Å². The van der Waals surface area contributed by atoms with E-state index >= 15 is 0 Å². The van der Waals surface area contributed by atoms with Crippen molar-refractivity contribution >= 4 is 23.1 Å². The van der Waals surface area contributed by atoms with Crippen LogP contribution in [0.15, 0.2) is 30.6 Å². The van der Waals surface area contributed by atoms with Gasteiger partial charge in [0.1, 0.15) is 23.5 Å². The quantitative estimate of drug-likeness (QED) is 0.678. The van der Waals surface area contributed by atoms with Crippen LogP contribution in [0.3, 0.4) is 0 Å². The van der Waals surface area contributed by atoms with Gasteiger partial charge in [0, 0.05) is 25.2 Å². The number of nitro benzene ring substituents is 1. The number of nitrogens with one attached hydrogen (secondary N) is 1. The molecule has 0 aliphatic carbocycles. The minimum atomic E-state index is -0.512. The molecule has 1 aliphatic rings. The van der Waals surface area contributed by atoms with Gasteiger partial charge in [-0.3, -0.25) is 14.9 Å². The minimum Gasteiger partial charge on any atom is -0.357 e. The molecule has 1 saturated heterocycles. The lowest BCUT2D eigenvalue weighted by molar-refractivity contribution is -0.383. The first-order valence-corrected chi connectivity index (χ1v) is 8.18. The summed E-state index contributed by atoms with van der Waals surface area (Å²) in [4.78, 5) is 33.6. The van der Waals surface area contributed by atoms with E-state index in [0.29, 0.717) is 11.4 Å². The Morgan fingerprint density at radius 2 is 2.00 bits per heavy atom. The van der Waals surface area contributed by atoms with E-state index in [0.717, 1.165) is 25.9 Å². The predicted molar refractivity (Wildman–Crippen MR) is 93.9 cm³/mol. The molecule has 3 rings (SSSR count). The Hall–Kier alpha value is -3.03. The van der Waals surface area contributed by atoms with Gasteiger partial charge in [-0.25, -0.2) is 9.97 Å². The Bertz CT molecular complexity index is 803. The topological polar surface area (TPSA) is 101 Å². The normalized spacial score (nSPS) is 14.2. The van der Waals surface area contributed by atoms with Gasteiger partial charge < -0.3 is 10.2 Å². The van der Waals surface area contributed by atoms with Crippen molar-refractivity contribution in [3.05, 3.63) is 52.0 Å². The van der Waals surface area contributed by atoms with Gasteiger partial charge in [-0.1, -0.05) is 12.1 Å². The highest BCUT2D eigenvalue weighted by Crippen LogP contribution is 2.28. The minimum absolute atomic E-state index is 0.140. The van der Waals surface area contributed by atoms with Crippen LogP contribution < -0.4 is 10.2 Å². The van der Waals surface area contributed by atoms with Crippen molar-refractivity contribution in [2.24, 2.45) is 0 Å². The van der Waals surface area contributed by atoms with Crippen LogP contribution in [-0.4, -0.2) is 33.9 Å². The number of amides is 1. The molecule has 0 atom stereocenters. The molecule has 1 amide bonds. The van der Waals surface area contributed by atoms with Crippen LogP contribution in [0.25, 0.3) is 0 Å². The van der Waals surface area contributed by atoms with Gasteiger partial charge in [-0.05, 0) is 31.7 Å². The van der Waals surface area contributed by atoms with Crippen molar-refractivity contribution in [2.75, 3.05) is 23.3 Å². The third kappa shape index (κ3) is 3.73. The molecule has 1 aliphatic heterocycles. The molecule has 0 unspecified atom stereocenters. The standard InChI is InChI=1S/C17H19N5O3/c1-12-6-5-7-14(22(24)25)16(12)20-17(23)13-10-15(19-11-18-13)21-8-3-2-4-9-21/h5-7,10-11H,2-4,8-9H2,1H3,(H,20,23). The largest absolute Gasteiger partial charge is 0.357 e. The van der Waals surface area contributed by atoms with Crippen LogP contribution >= 0.6 is 0 Å². The lowest BCUT2D eigenvalue weighted by Gasteiger charge is -2.27. The zero-order chi connectivity index (χ0) is 17.8. The Balaban J connectivity index is 1.84. The van der Waals surface area contributed by atoms with Gasteiger partial charge in [-0.15, -0.1) is 0 Å². The van der Waals surface area contributed by atoms with E-state index in [9.17, 15) is 14.9 Å². The highest BCUT2D eigenvalue weighted by molar-refractivity contribution is 6.04. The first-order valence-electron chi connectivity index (χ1n) is 8.18. The van der Waals surface area contributed by atoms with E-state index in [2.05, 4.69) is 20.2 Å². The van der Waals surface area contributed by atoms with Gasteiger partial charge >= 0.3 is 0 Å². The first kappa shape index (κ1) is 16.8. The molecular weight excluding hydrogens is 322 g/mol. The maximum absolute atomic E-state index is 12.5. The molecule has 1 N–H and O–H groups in total. The number of piperidine rings is 1. The molecule has 130 valence electrons. The summed E-state index contributed by atoms with van der Waals surface area (Å²) in [7, 11) is 0. The molecule has 2 heterocycles. The summed E-state index contributed by atoms with van der Waals surface area (Å²) < 4.78 is 0. The maximum Gasteiger partial charge on any atom is 0.293 e. The molecule has 25 heavy (non-hydrogen) atoms. The molecular formula is C17H19N5O3. The summed E-state index contributed by atoms with van der Waals surface area (Å²) in [6, 6.07) is 6.29. The van der Waals surface area contributed by atoms with E-state index < -0.39 is 10.8 Å². The van der Waals surface area contributed by atoms with Crippen LogP contribution in [0.4, 0.5) is 17.2 Å². The SMILES string of the molecule is Cc1cccc([N+](=O)[O-])c1NC(=O)c1cc(N2CCCCC2)ncn1. The Kier molecular flexibility index (Phi) is 4.87. The molecule has 1 fully saturated rings.